The van der Waals surface area contributed by atoms with Crippen molar-refractivity contribution in [3.05, 3.63) is 41.7 Å². The molecule has 5 nitrogen and oxygen atoms in total. The van der Waals surface area contributed by atoms with E-state index in [4.69, 9.17) is 9.47 Å². The second-order valence-electron chi connectivity index (χ2n) is 5.02. The van der Waals surface area contributed by atoms with E-state index in [0.29, 0.717) is 6.61 Å². The van der Waals surface area contributed by atoms with Gasteiger partial charge in [0.25, 0.3) is 0 Å². The Bertz CT molecular complexity index is 581. The first-order valence-electron chi connectivity index (χ1n) is 7.08. The highest BCUT2D eigenvalue weighted by molar-refractivity contribution is 5.29. The fourth-order valence-corrected chi connectivity index (χ4v) is 2.40. The van der Waals surface area contributed by atoms with Crippen LogP contribution in [-0.2, 0) is 7.05 Å². The summed E-state index contributed by atoms with van der Waals surface area (Å²) in [5.41, 5.74) is 2.24. The van der Waals surface area contributed by atoms with Crippen LogP contribution >= 0.6 is 0 Å². The topological polar surface area (TPSA) is 48.3 Å². The molecule has 0 fully saturated rings. The maximum Gasteiger partial charge on any atom is 0.161 e. The average Bonchev–Trinajstić information content (AvgIpc) is 2.85. The molecule has 1 atom stereocenters. The van der Waals surface area contributed by atoms with Crippen molar-refractivity contribution in [1.29, 1.82) is 0 Å². The number of aromatic nitrogens is 2. The van der Waals surface area contributed by atoms with Crippen molar-refractivity contribution in [3.63, 3.8) is 0 Å². The van der Waals surface area contributed by atoms with E-state index in [2.05, 4.69) is 23.4 Å². The first-order chi connectivity index (χ1) is 10.2. The molecule has 0 amide bonds. The van der Waals surface area contributed by atoms with Crippen molar-refractivity contribution in [2.24, 2.45) is 7.05 Å². The van der Waals surface area contributed by atoms with Crippen LogP contribution in [0.4, 0.5) is 0 Å². The zero-order chi connectivity index (χ0) is 15.2. The normalized spacial score (nSPS) is 12.2. The largest absolute Gasteiger partial charge is 0.494 e. The van der Waals surface area contributed by atoms with Gasteiger partial charge in [-0.1, -0.05) is 12.1 Å². The van der Waals surface area contributed by atoms with Gasteiger partial charge in [-0.05, 0) is 31.7 Å². The van der Waals surface area contributed by atoms with Gasteiger partial charge in [0.1, 0.15) is 5.75 Å². The summed E-state index contributed by atoms with van der Waals surface area (Å²) < 4.78 is 13.0. The van der Waals surface area contributed by atoms with Crippen molar-refractivity contribution >= 4 is 0 Å². The highest BCUT2D eigenvalue weighted by Crippen LogP contribution is 2.26. The third kappa shape index (κ3) is 3.76. The fourth-order valence-electron chi connectivity index (χ4n) is 2.40. The number of hydrogen-bond acceptors (Lipinski definition) is 4. The van der Waals surface area contributed by atoms with Crippen molar-refractivity contribution in [3.8, 4) is 11.5 Å². The summed E-state index contributed by atoms with van der Waals surface area (Å²) in [7, 11) is 5.52. The molecule has 0 spiro atoms. The van der Waals surface area contributed by atoms with Crippen LogP contribution in [0.15, 0.2) is 30.5 Å². The second-order valence-corrected chi connectivity index (χ2v) is 5.02. The van der Waals surface area contributed by atoms with Gasteiger partial charge in [0.15, 0.2) is 5.75 Å². The van der Waals surface area contributed by atoms with Gasteiger partial charge in [0, 0.05) is 13.5 Å². The molecule has 2 rings (SSSR count). The Balaban J connectivity index is 1.98. The minimum absolute atomic E-state index is 0.136. The lowest BCUT2D eigenvalue weighted by molar-refractivity contribution is 0.284. The monoisotopic (exact) mass is 289 g/mol. The van der Waals surface area contributed by atoms with Gasteiger partial charge in [-0.3, -0.25) is 4.68 Å². The summed E-state index contributed by atoms with van der Waals surface area (Å²) >= 11 is 0. The van der Waals surface area contributed by atoms with Crippen LogP contribution in [0.3, 0.4) is 0 Å². The van der Waals surface area contributed by atoms with Gasteiger partial charge in [-0.15, -0.1) is 0 Å². The molecule has 0 saturated heterocycles. The van der Waals surface area contributed by atoms with E-state index in [1.165, 1.54) is 5.56 Å². The fraction of sp³-hybridized carbons (Fsp3) is 0.438. The Morgan fingerprint density at radius 1 is 1.38 bits per heavy atom. The lowest BCUT2D eigenvalue weighted by Crippen LogP contribution is -2.22. The lowest BCUT2D eigenvalue weighted by atomic mass is 10.1. The highest BCUT2D eigenvalue weighted by atomic mass is 16.5. The molecule has 114 valence electrons. The minimum Gasteiger partial charge on any atom is -0.494 e. The van der Waals surface area contributed by atoms with Crippen molar-refractivity contribution < 1.29 is 9.47 Å². The lowest BCUT2D eigenvalue weighted by Gasteiger charge is -2.18. The number of hydrogen-bond donors (Lipinski definition) is 1. The van der Waals surface area contributed by atoms with Crippen molar-refractivity contribution in [2.75, 3.05) is 20.8 Å². The molecule has 1 N–H and O–H groups in total. The number of nitrogens with zero attached hydrogens (tertiary/aromatic N) is 2. The van der Waals surface area contributed by atoms with Crippen LogP contribution in [-0.4, -0.2) is 30.5 Å². The van der Waals surface area contributed by atoms with E-state index in [9.17, 15) is 0 Å². The highest BCUT2D eigenvalue weighted by Gasteiger charge is 2.19. The predicted octanol–water partition coefficient (Wildman–Crippen LogP) is 2.47. The maximum absolute atomic E-state index is 5.82. The average molecular weight is 289 g/mol. The standard InChI is InChI=1S/C16H23N3O2/c1-12-6-5-7-13(10-12)21-9-8-14(17-2)16-15(20-4)11-18-19(16)3/h5-7,10-11,14,17H,8-9H2,1-4H3. The molecule has 5 heteroatoms. The molecule has 1 unspecified atom stereocenters. The van der Waals surface area contributed by atoms with Gasteiger partial charge in [-0.25, -0.2) is 0 Å². The molecule has 1 heterocycles. The molecule has 0 bridgehead atoms. The van der Waals surface area contributed by atoms with Crippen LogP contribution < -0.4 is 14.8 Å². The maximum atomic E-state index is 5.82. The smallest absolute Gasteiger partial charge is 0.161 e. The van der Waals surface area contributed by atoms with E-state index in [1.54, 1.807) is 13.3 Å². The molecular weight excluding hydrogens is 266 g/mol. The van der Waals surface area contributed by atoms with Crippen molar-refractivity contribution in [1.82, 2.24) is 15.1 Å². The third-order valence-corrected chi connectivity index (χ3v) is 3.51. The van der Waals surface area contributed by atoms with Gasteiger partial charge < -0.3 is 14.8 Å². The zero-order valence-electron chi connectivity index (χ0n) is 13.1. The van der Waals surface area contributed by atoms with Crippen LogP contribution in [0, 0.1) is 6.92 Å². The van der Waals surface area contributed by atoms with Crippen LogP contribution in [0.1, 0.15) is 23.7 Å². The quantitative estimate of drug-likeness (QED) is 0.850. The Labute approximate surface area is 125 Å². The van der Waals surface area contributed by atoms with Gasteiger partial charge in [-0.2, -0.15) is 5.10 Å². The second kappa shape index (κ2) is 7.13. The summed E-state index contributed by atoms with van der Waals surface area (Å²) in [6.45, 7) is 2.69. The summed E-state index contributed by atoms with van der Waals surface area (Å²) in [5.74, 6) is 1.70. The summed E-state index contributed by atoms with van der Waals surface area (Å²) in [6.07, 6.45) is 2.57. The first kappa shape index (κ1) is 15.4. The molecule has 1 aromatic heterocycles. The molecule has 2 aromatic rings. The van der Waals surface area contributed by atoms with Crippen LogP contribution in [0.2, 0.25) is 0 Å². The van der Waals surface area contributed by atoms with Crippen molar-refractivity contribution in [2.45, 2.75) is 19.4 Å². The Morgan fingerprint density at radius 2 is 2.19 bits per heavy atom. The third-order valence-electron chi connectivity index (χ3n) is 3.51. The number of rotatable bonds is 7. The molecule has 0 aliphatic carbocycles. The molecule has 0 aliphatic heterocycles. The molecule has 0 saturated carbocycles. The molecular formula is C16H23N3O2. The zero-order valence-corrected chi connectivity index (χ0v) is 13.1. The first-order valence-corrected chi connectivity index (χ1v) is 7.08. The van der Waals surface area contributed by atoms with E-state index in [1.807, 2.05) is 37.0 Å². The number of ether oxygens (including phenoxy) is 2. The van der Waals surface area contributed by atoms with Crippen LogP contribution in [0.25, 0.3) is 0 Å². The number of methoxy groups -OCH3 is 1. The van der Waals surface area contributed by atoms with E-state index < -0.39 is 0 Å². The Morgan fingerprint density at radius 3 is 2.86 bits per heavy atom. The molecule has 1 aromatic carbocycles. The SMILES string of the molecule is CNC(CCOc1cccc(C)c1)c1c(OC)cnn1C. The summed E-state index contributed by atoms with van der Waals surface area (Å²) in [5, 5.41) is 7.54. The van der Waals surface area contributed by atoms with Gasteiger partial charge in [0.05, 0.1) is 31.6 Å². The van der Waals surface area contributed by atoms with Gasteiger partial charge >= 0.3 is 0 Å². The summed E-state index contributed by atoms with van der Waals surface area (Å²) in [6, 6.07) is 8.22. The van der Waals surface area contributed by atoms with E-state index in [-0.39, 0.29) is 6.04 Å². The van der Waals surface area contributed by atoms with Crippen LogP contribution in [0.5, 0.6) is 11.5 Å². The summed E-state index contributed by atoms with van der Waals surface area (Å²) in [4.78, 5) is 0. The molecule has 0 aliphatic rings. The number of aryl methyl sites for hydroxylation is 2. The number of nitrogens with one attached hydrogen (secondary N) is 1. The van der Waals surface area contributed by atoms with E-state index >= 15 is 0 Å². The van der Waals surface area contributed by atoms with Gasteiger partial charge in [0.2, 0.25) is 0 Å². The predicted molar refractivity (Wildman–Crippen MR) is 82.9 cm³/mol. The number of benzene rings is 1. The van der Waals surface area contributed by atoms with E-state index in [0.717, 1.165) is 23.6 Å². The molecule has 21 heavy (non-hydrogen) atoms. The Hall–Kier alpha value is -2.01. The Kier molecular flexibility index (Phi) is 5.22. The molecule has 0 radical (unpaired) electrons. The minimum atomic E-state index is 0.136.